The van der Waals surface area contributed by atoms with Crippen LogP contribution in [0, 0.1) is 39.9 Å². The number of ketones is 2. The van der Waals surface area contributed by atoms with Crippen LogP contribution in [0.1, 0.15) is 78.6 Å². The Morgan fingerprint density at radius 1 is 1.08 bits per heavy atom. The van der Waals surface area contributed by atoms with Gasteiger partial charge in [-0.1, -0.05) is 19.9 Å². The average molecular weight is 343 g/mol. The van der Waals surface area contributed by atoms with Crippen molar-refractivity contribution in [3.05, 3.63) is 12.7 Å². The quantitative estimate of drug-likeness (QED) is 0.633. The fourth-order valence-electron chi connectivity index (χ4n) is 8.18. The van der Waals surface area contributed by atoms with E-state index in [9.17, 15) is 9.59 Å². The fraction of sp³-hybridized carbons (Fsp3) is 0.826. The Morgan fingerprint density at radius 3 is 2.48 bits per heavy atom. The second kappa shape index (κ2) is 5.54. The number of rotatable bonds is 2. The van der Waals surface area contributed by atoms with Crippen LogP contribution in [0.3, 0.4) is 0 Å². The molecule has 7 atom stereocenters. The van der Waals surface area contributed by atoms with Gasteiger partial charge in [-0.15, -0.1) is 6.58 Å². The monoisotopic (exact) mass is 342 g/mol. The third kappa shape index (κ3) is 2.09. The highest BCUT2D eigenvalue weighted by molar-refractivity contribution is 5.86. The molecule has 0 radical (unpaired) electrons. The molecule has 4 aliphatic carbocycles. The Kier molecular flexibility index (Phi) is 3.87. The lowest BCUT2D eigenvalue weighted by Crippen LogP contribution is -2.55. The second-order valence-electron chi connectivity index (χ2n) is 10.1. The summed E-state index contributed by atoms with van der Waals surface area (Å²) < 4.78 is 0. The minimum Gasteiger partial charge on any atom is -0.300 e. The van der Waals surface area contributed by atoms with Crippen LogP contribution in [0.4, 0.5) is 0 Å². The molecule has 0 aliphatic heterocycles. The van der Waals surface area contributed by atoms with Crippen LogP contribution in [-0.2, 0) is 9.59 Å². The van der Waals surface area contributed by atoms with Gasteiger partial charge in [-0.05, 0) is 86.4 Å². The highest BCUT2D eigenvalue weighted by Gasteiger charge is 2.65. The van der Waals surface area contributed by atoms with E-state index in [1.807, 2.05) is 6.08 Å². The van der Waals surface area contributed by atoms with Crippen LogP contribution in [0.25, 0.3) is 0 Å². The smallest absolute Gasteiger partial charge is 0.140 e. The van der Waals surface area contributed by atoms with Gasteiger partial charge in [-0.3, -0.25) is 9.59 Å². The van der Waals surface area contributed by atoms with E-state index >= 15 is 0 Å². The number of carbonyl (C=O) groups excluding carboxylic acids is 2. The van der Waals surface area contributed by atoms with E-state index < -0.39 is 0 Å². The maximum absolute atomic E-state index is 12.6. The summed E-state index contributed by atoms with van der Waals surface area (Å²) in [6.45, 7) is 10.8. The van der Waals surface area contributed by atoms with Crippen LogP contribution in [0.15, 0.2) is 12.7 Å². The first-order valence-electron chi connectivity index (χ1n) is 10.4. The lowest BCUT2D eigenvalue weighted by Gasteiger charge is -2.61. The molecule has 0 aromatic heterocycles. The number of Topliss-reactive ketones (excluding diaryl/α,β-unsaturated/α-hetero) is 2. The van der Waals surface area contributed by atoms with E-state index in [0.717, 1.165) is 43.9 Å². The van der Waals surface area contributed by atoms with Crippen molar-refractivity contribution in [3.63, 3.8) is 0 Å². The molecule has 0 spiro atoms. The van der Waals surface area contributed by atoms with Crippen LogP contribution < -0.4 is 0 Å². The Bertz CT molecular complexity index is 622. The van der Waals surface area contributed by atoms with Gasteiger partial charge >= 0.3 is 0 Å². The van der Waals surface area contributed by atoms with Gasteiger partial charge in [-0.25, -0.2) is 0 Å². The summed E-state index contributed by atoms with van der Waals surface area (Å²) in [4.78, 5) is 24.6. The molecule has 4 aliphatic rings. The first-order chi connectivity index (χ1) is 11.8. The molecule has 0 unspecified atom stereocenters. The zero-order valence-corrected chi connectivity index (χ0v) is 16.3. The van der Waals surface area contributed by atoms with Crippen LogP contribution in [0.2, 0.25) is 0 Å². The number of fused-ring (bicyclic) bond motifs is 5. The summed E-state index contributed by atoms with van der Waals surface area (Å²) in [6, 6.07) is 0. The van der Waals surface area contributed by atoms with Gasteiger partial charge in [0.05, 0.1) is 5.41 Å². The van der Waals surface area contributed by atoms with Crippen LogP contribution in [0.5, 0.6) is 0 Å². The molecule has 0 heterocycles. The van der Waals surface area contributed by atoms with Crippen molar-refractivity contribution in [1.29, 1.82) is 0 Å². The van der Waals surface area contributed by atoms with Gasteiger partial charge in [0.1, 0.15) is 11.6 Å². The molecule has 0 bridgehead atoms. The fourth-order valence-corrected chi connectivity index (χ4v) is 8.18. The summed E-state index contributed by atoms with van der Waals surface area (Å²) in [5.41, 5.74) is 0.145. The van der Waals surface area contributed by atoms with Crippen molar-refractivity contribution in [2.75, 3.05) is 0 Å². The standard InChI is InChI=1S/C23H34O2/c1-5-23(15(2)24)13-10-20-18-7-6-16-14-17(25)8-11-21(16,3)19(18)9-12-22(20,23)4/h5,16,18-20H,1,6-14H2,2-4H3/t16-,18+,19-,20-,21-,22-,23+/m0/s1. The minimum absolute atomic E-state index is 0.0927. The molecule has 138 valence electrons. The lowest BCUT2D eigenvalue weighted by atomic mass is 9.43. The van der Waals surface area contributed by atoms with Crippen molar-refractivity contribution in [2.24, 2.45) is 39.9 Å². The summed E-state index contributed by atoms with van der Waals surface area (Å²) in [6.07, 6.45) is 11.8. The second-order valence-corrected chi connectivity index (χ2v) is 10.1. The highest BCUT2D eigenvalue weighted by atomic mass is 16.1. The predicted octanol–water partition coefficient (Wildman–Crippen LogP) is 5.36. The summed E-state index contributed by atoms with van der Waals surface area (Å²) in [5.74, 6) is 3.58. The molecule has 4 fully saturated rings. The molecule has 0 aromatic rings. The third-order valence-electron chi connectivity index (χ3n) is 9.72. The molecule has 0 amide bonds. The zero-order valence-electron chi connectivity index (χ0n) is 16.3. The summed E-state index contributed by atoms with van der Waals surface area (Å²) >= 11 is 0. The Hall–Kier alpha value is -0.920. The van der Waals surface area contributed by atoms with Gasteiger partial charge in [0, 0.05) is 12.8 Å². The zero-order chi connectivity index (χ0) is 18.0. The van der Waals surface area contributed by atoms with E-state index in [4.69, 9.17) is 0 Å². The van der Waals surface area contributed by atoms with Crippen molar-refractivity contribution in [1.82, 2.24) is 0 Å². The molecule has 25 heavy (non-hydrogen) atoms. The Morgan fingerprint density at radius 2 is 1.80 bits per heavy atom. The van der Waals surface area contributed by atoms with E-state index in [1.165, 1.54) is 25.7 Å². The van der Waals surface area contributed by atoms with E-state index in [2.05, 4.69) is 20.4 Å². The van der Waals surface area contributed by atoms with Gasteiger partial charge in [0.15, 0.2) is 0 Å². The lowest BCUT2D eigenvalue weighted by molar-refractivity contribution is -0.148. The SMILES string of the molecule is C=C[C@]1(C(C)=O)CC[C@H]2[C@@H]3CC[C@H]4CC(=O)CC[C@]4(C)[C@H]3CC[C@@]21C. The molecule has 2 heteroatoms. The number of carbonyl (C=O) groups is 2. The van der Waals surface area contributed by atoms with Crippen molar-refractivity contribution in [2.45, 2.75) is 78.6 Å². The molecule has 4 saturated carbocycles. The normalized spacial score (nSPS) is 52.0. The third-order valence-corrected chi connectivity index (χ3v) is 9.72. The number of allylic oxidation sites excluding steroid dienone is 1. The minimum atomic E-state index is -0.303. The Labute approximate surface area is 152 Å². The van der Waals surface area contributed by atoms with Gasteiger partial charge in [0.25, 0.3) is 0 Å². The van der Waals surface area contributed by atoms with Gasteiger partial charge < -0.3 is 0 Å². The molecule has 2 nitrogen and oxygen atoms in total. The van der Waals surface area contributed by atoms with Gasteiger partial charge in [0.2, 0.25) is 0 Å². The average Bonchev–Trinajstić information content (AvgIpc) is 2.89. The largest absolute Gasteiger partial charge is 0.300 e. The molecule has 0 N–H and O–H groups in total. The van der Waals surface area contributed by atoms with Crippen LogP contribution in [-0.4, -0.2) is 11.6 Å². The highest BCUT2D eigenvalue weighted by Crippen LogP contribution is 2.70. The van der Waals surface area contributed by atoms with E-state index in [0.29, 0.717) is 28.8 Å². The summed E-state index contributed by atoms with van der Waals surface area (Å²) in [7, 11) is 0. The Balaban J connectivity index is 1.68. The van der Waals surface area contributed by atoms with E-state index in [1.54, 1.807) is 6.92 Å². The van der Waals surface area contributed by atoms with Crippen molar-refractivity contribution < 1.29 is 9.59 Å². The van der Waals surface area contributed by atoms with E-state index in [-0.39, 0.29) is 10.8 Å². The summed E-state index contributed by atoms with van der Waals surface area (Å²) in [5, 5.41) is 0. The predicted molar refractivity (Wildman–Crippen MR) is 100 cm³/mol. The van der Waals surface area contributed by atoms with Crippen LogP contribution >= 0.6 is 0 Å². The van der Waals surface area contributed by atoms with Crippen molar-refractivity contribution in [3.8, 4) is 0 Å². The molecular weight excluding hydrogens is 308 g/mol. The topological polar surface area (TPSA) is 34.1 Å². The maximum atomic E-state index is 12.6. The molecule has 0 saturated heterocycles. The first kappa shape index (κ1) is 17.5. The van der Waals surface area contributed by atoms with Crippen molar-refractivity contribution >= 4 is 11.6 Å². The number of hydrogen-bond acceptors (Lipinski definition) is 2. The molecule has 0 aromatic carbocycles. The maximum Gasteiger partial charge on any atom is 0.140 e. The molecule has 4 rings (SSSR count). The first-order valence-corrected chi connectivity index (χ1v) is 10.4. The molecular formula is C23H34O2. The van der Waals surface area contributed by atoms with Gasteiger partial charge in [-0.2, -0.15) is 0 Å². The number of hydrogen-bond donors (Lipinski definition) is 0.